The average molecular weight is 511 g/mol. The van der Waals surface area contributed by atoms with E-state index in [-0.39, 0.29) is 18.1 Å². The standard InChI is InChI=1S/C29H38N2O4S/c1-18(33-5)22-16-20(34-6)8-9-21(22)19-14-23-24-17-30(28(32)35-29(2,3)4)12-10-25(24)31-11-7-13-36-26(15-19)27(23)31/h8-9,14-16,18,24-25H,7,10-13,17H2,1-6H3/t18?,24-,25-/m0/s1. The molecular formula is C29H38N2O4S. The van der Waals surface area contributed by atoms with Crippen LogP contribution in [0.5, 0.6) is 5.75 Å². The number of nitrogens with zero attached hydrogens (tertiary/aromatic N) is 2. The number of rotatable bonds is 4. The highest BCUT2D eigenvalue weighted by Crippen LogP contribution is 2.52. The molecule has 0 spiro atoms. The first-order valence-corrected chi connectivity index (χ1v) is 13.9. The number of benzene rings is 2. The third kappa shape index (κ3) is 4.68. The van der Waals surface area contributed by atoms with Crippen molar-refractivity contribution < 1.29 is 19.0 Å². The lowest BCUT2D eigenvalue weighted by Crippen LogP contribution is -2.49. The highest BCUT2D eigenvalue weighted by molar-refractivity contribution is 7.99. The van der Waals surface area contributed by atoms with Crippen LogP contribution in [-0.4, -0.2) is 62.2 Å². The number of piperidine rings is 1. The summed E-state index contributed by atoms with van der Waals surface area (Å²) in [4.78, 5) is 18.9. The molecule has 0 saturated carbocycles. The van der Waals surface area contributed by atoms with Gasteiger partial charge in [-0.25, -0.2) is 4.79 Å². The van der Waals surface area contributed by atoms with E-state index >= 15 is 0 Å². The predicted molar refractivity (Wildman–Crippen MR) is 145 cm³/mol. The van der Waals surface area contributed by atoms with Gasteiger partial charge in [0.15, 0.2) is 0 Å². The van der Waals surface area contributed by atoms with Gasteiger partial charge in [0.1, 0.15) is 11.4 Å². The van der Waals surface area contributed by atoms with Crippen LogP contribution in [0.1, 0.15) is 63.7 Å². The maximum absolute atomic E-state index is 13.0. The molecule has 2 aromatic carbocycles. The van der Waals surface area contributed by atoms with Crippen LogP contribution >= 0.6 is 11.8 Å². The molecule has 5 rings (SSSR count). The highest BCUT2D eigenvalue weighted by atomic mass is 32.2. The molecule has 2 aromatic rings. The van der Waals surface area contributed by atoms with Crippen LogP contribution in [0.2, 0.25) is 0 Å². The number of fused-ring (bicyclic) bond motifs is 3. The van der Waals surface area contributed by atoms with E-state index in [0.29, 0.717) is 12.6 Å². The number of hydrogen-bond acceptors (Lipinski definition) is 6. The summed E-state index contributed by atoms with van der Waals surface area (Å²) >= 11 is 1.96. The lowest BCUT2D eigenvalue weighted by molar-refractivity contribution is 0.0189. The minimum absolute atomic E-state index is 0.0586. The number of thioether (sulfide) groups is 1. The van der Waals surface area contributed by atoms with E-state index in [9.17, 15) is 4.79 Å². The van der Waals surface area contributed by atoms with Crippen molar-refractivity contribution >= 4 is 23.5 Å². The summed E-state index contributed by atoms with van der Waals surface area (Å²) in [6.07, 6.45) is 1.87. The molecule has 1 saturated heterocycles. The van der Waals surface area contributed by atoms with Crippen LogP contribution in [0, 0.1) is 0 Å². The Labute approximate surface area is 219 Å². The summed E-state index contributed by atoms with van der Waals surface area (Å²) in [5, 5.41) is 0. The van der Waals surface area contributed by atoms with Crippen molar-refractivity contribution in [1.82, 2.24) is 4.90 Å². The maximum atomic E-state index is 13.0. The summed E-state index contributed by atoms with van der Waals surface area (Å²) in [5.41, 5.74) is 5.75. The molecule has 3 heterocycles. The molecule has 1 unspecified atom stereocenters. The topological polar surface area (TPSA) is 51.2 Å². The van der Waals surface area contributed by atoms with Gasteiger partial charge in [-0.15, -0.1) is 11.8 Å². The number of carbonyl (C=O) groups excluding carboxylic acids is 1. The lowest BCUT2D eigenvalue weighted by Gasteiger charge is -2.39. The van der Waals surface area contributed by atoms with Crippen LogP contribution in [0.3, 0.4) is 0 Å². The van der Waals surface area contributed by atoms with Gasteiger partial charge in [-0.05, 0) is 92.8 Å². The number of hydrogen-bond donors (Lipinski definition) is 0. The van der Waals surface area contributed by atoms with E-state index < -0.39 is 5.60 Å². The van der Waals surface area contributed by atoms with Gasteiger partial charge < -0.3 is 24.0 Å². The first-order chi connectivity index (χ1) is 17.2. The summed E-state index contributed by atoms with van der Waals surface area (Å²) in [7, 11) is 3.44. The van der Waals surface area contributed by atoms with Gasteiger partial charge in [-0.1, -0.05) is 6.07 Å². The van der Waals surface area contributed by atoms with Gasteiger partial charge in [0, 0.05) is 43.6 Å². The molecule has 3 atom stereocenters. The first-order valence-electron chi connectivity index (χ1n) is 13.0. The Balaban J connectivity index is 1.57. The van der Waals surface area contributed by atoms with E-state index in [4.69, 9.17) is 14.2 Å². The van der Waals surface area contributed by atoms with Crippen LogP contribution in [0.4, 0.5) is 10.5 Å². The molecule has 0 bridgehead atoms. The Morgan fingerprint density at radius 2 is 1.94 bits per heavy atom. The van der Waals surface area contributed by atoms with E-state index in [0.717, 1.165) is 36.6 Å². The maximum Gasteiger partial charge on any atom is 0.410 e. The fraction of sp³-hybridized carbons (Fsp3) is 0.552. The van der Waals surface area contributed by atoms with Crippen molar-refractivity contribution in [3.63, 3.8) is 0 Å². The van der Waals surface area contributed by atoms with Crippen molar-refractivity contribution in [3.05, 3.63) is 41.5 Å². The highest BCUT2D eigenvalue weighted by Gasteiger charge is 2.45. The molecule has 6 nitrogen and oxygen atoms in total. The molecule has 1 amide bonds. The molecule has 0 aromatic heterocycles. The fourth-order valence-electron chi connectivity index (χ4n) is 5.85. The summed E-state index contributed by atoms with van der Waals surface area (Å²) < 4.78 is 17.0. The van der Waals surface area contributed by atoms with Gasteiger partial charge in [-0.3, -0.25) is 0 Å². The molecule has 194 valence electrons. The van der Waals surface area contributed by atoms with Gasteiger partial charge >= 0.3 is 6.09 Å². The Morgan fingerprint density at radius 3 is 2.67 bits per heavy atom. The van der Waals surface area contributed by atoms with E-state index in [1.807, 2.05) is 43.5 Å². The van der Waals surface area contributed by atoms with Crippen molar-refractivity contribution in [2.75, 3.05) is 44.5 Å². The number of ether oxygens (including phenoxy) is 3. The molecule has 0 N–H and O–H groups in total. The van der Waals surface area contributed by atoms with E-state index in [2.05, 4.69) is 36.1 Å². The van der Waals surface area contributed by atoms with Crippen molar-refractivity contribution in [1.29, 1.82) is 0 Å². The third-order valence-corrected chi connectivity index (χ3v) is 8.70. The SMILES string of the molecule is COc1ccc(-c2cc3c4c(c2)[C@@H]2CN(C(=O)OC(C)(C)C)CC[C@@H]2N4CCCS3)c(C(C)OC)c1. The molecule has 0 radical (unpaired) electrons. The summed E-state index contributed by atoms with van der Waals surface area (Å²) in [5.74, 6) is 2.23. The van der Waals surface area contributed by atoms with E-state index in [1.165, 1.54) is 33.7 Å². The quantitative estimate of drug-likeness (QED) is 0.469. The zero-order valence-electron chi connectivity index (χ0n) is 22.3. The minimum atomic E-state index is -0.492. The van der Waals surface area contributed by atoms with Crippen LogP contribution < -0.4 is 9.64 Å². The second-order valence-electron chi connectivity index (χ2n) is 11.0. The van der Waals surface area contributed by atoms with Crippen LogP contribution in [0.25, 0.3) is 11.1 Å². The van der Waals surface area contributed by atoms with Gasteiger partial charge in [0.25, 0.3) is 0 Å². The minimum Gasteiger partial charge on any atom is -0.497 e. The monoisotopic (exact) mass is 510 g/mol. The second-order valence-corrected chi connectivity index (χ2v) is 12.2. The van der Waals surface area contributed by atoms with Gasteiger partial charge in [0.2, 0.25) is 0 Å². The molecule has 3 aliphatic heterocycles. The molecule has 0 aliphatic carbocycles. The van der Waals surface area contributed by atoms with Crippen LogP contribution in [0.15, 0.2) is 35.2 Å². The van der Waals surface area contributed by atoms with E-state index in [1.54, 1.807) is 14.2 Å². The second kappa shape index (κ2) is 9.82. The molecule has 7 heteroatoms. The van der Waals surface area contributed by atoms with Crippen molar-refractivity contribution in [2.45, 2.75) is 69.1 Å². The van der Waals surface area contributed by atoms with Crippen molar-refractivity contribution in [3.8, 4) is 16.9 Å². The number of likely N-dealkylation sites (tertiary alicyclic amines) is 1. The average Bonchev–Trinajstić information content (AvgIpc) is 3.01. The fourth-order valence-corrected chi connectivity index (χ4v) is 6.93. The third-order valence-electron chi connectivity index (χ3n) is 7.58. The zero-order valence-corrected chi connectivity index (χ0v) is 23.1. The molecular weight excluding hydrogens is 472 g/mol. The van der Waals surface area contributed by atoms with Gasteiger partial charge in [-0.2, -0.15) is 0 Å². The Morgan fingerprint density at radius 1 is 1.14 bits per heavy atom. The number of carbonyl (C=O) groups is 1. The smallest absolute Gasteiger partial charge is 0.410 e. The summed E-state index contributed by atoms with van der Waals surface area (Å²) in [6, 6.07) is 11.4. The van der Waals surface area contributed by atoms with Crippen molar-refractivity contribution in [2.24, 2.45) is 0 Å². The predicted octanol–water partition coefficient (Wildman–Crippen LogP) is 6.48. The number of anilines is 1. The largest absolute Gasteiger partial charge is 0.497 e. The normalized spacial score (nSPS) is 21.9. The lowest BCUT2D eigenvalue weighted by atomic mass is 9.87. The molecule has 3 aliphatic rings. The van der Waals surface area contributed by atoms with Crippen LogP contribution in [-0.2, 0) is 9.47 Å². The number of amides is 1. The molecule has 1 fully saturated rings. The Kier molecular flexibility index (Phi) is 6.90. The van der Waals surface area contributed by atoms with Gasteiger partial charge in [0.05, 0.1) is 18.9 Å². The molecule has 36 heavy (non-hydrogen) atoms. The first kappa shape index (κ1) is 25.3. The Hall–Kier alpha value is -2.38. The zero-order chi connectivity index (χ0) is 25.6. The Bertz CT molecular complexity index is 1140. The number of methoxy groups -OCH3 is 2. The summed E-state index contributed by atoms with van der Waals surface area (Å²) in [6.45, 7) is 10.4.